The molecule has 0 aliphatic carbocycles. The van der Waals surface area contributed by atoms with E-state index in [2.05, 4.69) is 16.4 Å². The molecule has 3 aromatic rings. The number of carbonyl (C=O) groups is 1. The molecule has 2 N–H and O–H groups in total. The number of rotatable bonds is 2. The largest absolute Gasteiger partial charge is 0.361 e. The SMILES string of the molecule is N#Cc1ccccc1NC(=O)c1cccc2[nH]ccc12. The van der Waals surface area contributed by atoms with Crippen LogP contribution in [-0.2, 0) is 0 Å². The number of aromatic nitrogens is 1. The highest BCUT2D eigenvalue weighted by molar-refractivity contribution is 6.12. The summed E-state index contributed by atoms with van der Waals surface area (Å²) in [6.07, 6.45) is 1.80. The van der Waals surface area contributed by atoms with E-state index in [-0.39, 0.29) is 5.91 Å². The number of H-pyrrole nitrogens is 1. The lowest BCUT2D eigenvalue weighted by Gasteiger charge is -2.07. The Morgan fingerprint density at radius 3 is 2.80 bits per heavy atom. The summed E-state index contributed by atoms with van der Waals surface area (Å²) in [5.74, 6) is -0.224. The minimum absolute atomic E-state index is 0.224. The molecule has 0 aliphatic rings. The molecule has 1 aromatic heterocycles. The number of benzene rings is 2. The maximum atomic E-state index is 12.4. The molecule has 96 valence electrons. The number of aromatic amines is 1. The Morgan fingerprint density at radius 1 is 1.10 bits per heavy atom. The Kier molecular flexibility index (Phi) is 2.94. The van der Waals surface area contributed by atoms with Gasteiger partial charge in [0.2, 0.25) is 0 Å². The highest BCUT2D eigenvalue weighted by Gasteiger charge is 2.12. The summed E-state index contributed by atoms with van der Waals surface area (Å²) in [6, 6.07) is 16.4. The molecule has 3 rings (SSSR count). The van der Waals surface area contributed by atoms with E-state index in [1.165, 1.54) is 0 Å². The van der Waals surface area contributed by atoms with E-state index in [4.69, 9.17) is 5.26 Å². The Morgan fingerprint density at radius 2 is 1.95 bits per heavy atom. The van der Waals surface area contributed by atoms with E-state index in [9.17, 15) is 4.79 Å². The molecule has 4 nitrogen and oxygen atoms in total. The summed E-state index contributed by atoms with van der Waals surface area (Å²) >= 11 is 0. The minimum Gasteiger partial charge on any atom is -0.361 e. The van der Waals surface area contributed by atoms with Gasteiger partial charge in [-0.25, -0.2) is 0 Å². The van der Waals surface area contributed by atoms with Crippen LogP contribution in [0.5, 0.6) is 0 Å². The minimum atomic E-state index is -0.224. The third-order valence-corrected chi connectivity index (χ3v) is 3.14. The molecule has 1 heterocycles. The summed E-state index contributed by atoms with van der Waals surface area (Å²) in [5, 5.41) is 12.7. The van der Waals surface area contributed by atoms with Gasteiger partial charge in [0.25, 0.3) is 5.91 Å². The van der Waals surface area contributed by atoms with E-state index >= 15 is 0 Å². The first-order chi connectivity index (χ1) is 9.79. The lowest BCUT2D eigenvalue weighted by atomic mass is 10.1. The van der Waals surface area contributed by atoms with E-state index in [0.29, 0.717) is 16.8 Å². The van der Waals surface area contributed by atoms with Crippen molar-refractivity contribution in [3.8, 4) is 6.07 Å². The second-order valence-electron chi connectivity index (χ2n) is 4.36. The molecule has 0 unspecified atom stereocenters. The lowest BCUT2D eigenvalue weighted by Crippen LogP contribution is -2.13. The monoisotopic (exact) mass is 261 g/mol. The molecule has 2 aromatic carbocycles. The third kappa shape index (κ3) is 2.02. The van der Waals surface area contributed by atoms with Crippen molar-refractivity contribution in [2.75, 3.05) is 5.32 Å². The molecule has 0 atom stereocenters. The van der Waals surface area contributed by atoms with Gasteiger partial charge in [0.1, 0.15) is 6.07 Å². The van der Waals surface area contributed by atoms with E-state index in [1.807, 2.05) is 18.2 Å². The first kappa shape index (κ1) is 12.0. The fourth-order valence-electron chi connectivity index (χ4n) is 2.16. The molecule has 0 saturated carbocycles. The molecule has 0 bridgehead atoms. The number of fused-ring (bicyclic) bond motifs is 1. The van der Waals surface area contributed by atoms with Crippen LogP contribution in [-0.4, -0.2) is 10.9 Å². The smallest absolute Gasteiger partial charge is 0.256 e. The van der Waals surface area contributed by atoms with Crippen LogP contribution in [0, 0.1) is 11.3 Å². The average Bonchev–Trinajstić information content (AvgIpc) is 2.96. The second kappa shape index (κ2) is 4.90. The molecular formula is C16H11N3O. The zero-order chi connectivity index (χ0) is 13.9. The van der Waals surface area contributed by atoms with Gasteiger partial charge in [-0.2, -0.15) is 5.26 Å². The number of hydrogen-bond acceptors (Lipinski definition) is 2. The number of para-hydroxylation sites is 1. The third-order valence-electron chi connectivity index (χ3n) is 3.14. The van der Waals surface area contributed by atoms with Crippen molar-refractivity contribution in [3.05, 3.63) is 65.9 Å². The van der Waals surface area contributed by atoms with Crippen molar-refractivity contribution in [3.63, 3.8) is 0 Å². The van der Waals surface area contributed by atoms with Gasteiger partial charge in [-0.3, -0.25) is 4.79 Å². The molecule has 20 heavy (non-hydrogen) atoms. The van der Waals surface area contributed by atoms with E-state index in [1.54, 1.807) is 36.5 Å². The van der Waals surface area contributed by atoms with Crippen molar-refractivity contribution in [2.24, 2.45) is 0 Å². The summed E-state index contributed by atoms with van der Waals surface area (Å²) < 4.78 is 0. The number of anilines is 1. The van der Waals surface area contributed by atoms with Gasteiger partial charge < -0.3 is 10.3 Å². The first-order valence-electron chi connectivity index (χ1n) is 6.16. The van der Waals surface area contributed by atoms with Gasteiger partial charge >= 0.3 is 0 Å². The van der Waals surface area contributed by atoms with E-state index < -0.39 is 0 Å². The van der Waals surface area contributed by atoms with Crippen LogP contribution in [0.4, 0.5) is 5.69 Å². The number of nitrogens with zero attached hydrogens (tertiary/aromatic N) is 1. The molecule has 0 aliphatic heterocycles. The van der Waals surface area contributed by atoms with Crippen LogP contribution >= 0.6 is 0 Å². The lowest BCUT2D eigenvalue weighted by molar-refractivity contribution is 0.102. The number of amides is 1. The summed E-state index contributed by atoms with van der Waals surface area (Å²) in [5.41, 5.74) is 2.46. The second-order valence-corrected chi connectivity index (χ2v) is 4.36. The summed E-state index contributed by atoms with van der Waals surface area (Å²) in [6.45, 7) is 0. The van der Waals surface area contributed by atoms with Crippen molar-refractivity contribution < 1.29 is 4.79 Å². The Labute approximate surface area is 115 Å². The van der Waals surface area contributed by atoms with Crippen molar-refractivity contribution >= 4 is 22.5 Å². The predicted molar refractivity (Wildman–Crippen MR) is 77.4 cm³/mol. The van der Waals surface area contributed by atoms with Gasteiger partial charge in [-0.1, -0.05) is 18.2 Å². The topological polar surface area (TPSA) is 68.7 Å². The van der Waals surface area contributed by atoms with Crippen LogP contribution in [0.25, 0.3) is 10.9 Å². The highest BCUT2D eigenvalue weighted by atomic mass is 16.1. The van der Waals surface area contributed by atoms with E-state index in [0.717, 1.165) is 10.9 Å². The number of hydrogen-bond donors (Lipinski definition) is 2. The van der Waals surface area contributed by atoms with Gasteiger partial charge in [0.05, 0.1) is 11.3 Å². The van der Waals surface area contributed by atoms with Crippen molar-refractivity contribution in [1.29, 1.82) is 5.26 Å². The standard InChI is InChI=1S/C16H11N3O/c17-10-11-4-1-2-6-14(11)19-16(20)13-5-3-7-15-12(13)8-9-18-15/h1-9,18H,(H,19,20). The number of nitrogens with one attached hydrogen (secondary N) is 2. The predicted octanol–water partition coefficient (Wildman–Crippen LogP) is 3.29. The molecule has 0 saturated heterocycles. The average molecular weight is 261 g/mol. The Balaban J connectivity index is 1.98. The quantitative estimate of drug-likeness (QED) is 0.743. The Hall–Kier alpha value is -3.06. The van der Waals surface area contributed by atoms with Gasteiger partial charge in [-0.15, -0.1) is 0 Å². The zero-order valence-corrected chi connectivity index (χ0v) is 10.6. The fraction of sp³-hybridized carbons (Fsp3) is 0. The fourth-order valence-corrected chi connectivity index (χ4v) is 2.16. The van der Waals surface area contributed by atoms with Crippen molar-refractivity contribution in [1.82, 2.24) is 4.98 Å². The van der Waals surface area contributed by atoms with Crippen LogP contribution in [0.3, 0.4) is 0 Å². The van der Waals surface area contributed by atoms with Crippen LogP contribution < -0.4 is 5.32 Å². The summed E-state index contributed by atoms with van der Waals surface area (Å²) in [7, 11) is 0. The normalized spacial score (nSPS) is 10.2. The van der Waals surface area contributed by atoms with Gasteiger partial charge in [0.15, 0.2) is 0 Å². The first-order valence-corrected chi connectivity index (χ1v) is 6.16. The summed E-state index contributed by atoms with van der Waals surface area (Å²) in [4.78, 5) is 15.4. The molecule has 0 spiro atoms. The van der Waals surface area contributed by atoms with Crippen LogP contribution in [0.15, 0.2) is 54.7 Å². The molecule has 0 radical (unpaired) electrons. The molecule has 1 amide bonds. The maximum Gasteiger partial charge on any atom is 0.256 e. The molecular weight excluding hydrogens is 250 g/mol. The molecule has 4 heteroatoms. The Bertz CT molecular complexity index is 827. The molecule has 0 fully saturated rings. The number of carbonyl (C=O) groups excluding carboxylic acids is 1. The van der Waals surface area contributed by atoms with Gasteiger partial charge in [0, 0.05) is 22.7 Å². The van der Waals surface area contributed by atoms with Crippen molar-refractivity contribution in [2.45, 2.75) is 0 Å². The zero-order valence-electron chi connectivity index (χ0n) is 10.6. The maximum absolute atomic E-state index is 12.4. The number of nitriles is 1. The highest BCUT2D eigenvalue weighted by Crippen LogP contribution is 2.20. The van der Waals surface area contributed by atoms with Crippen LogP contribution in [0.2, 0.25) is 0 Å². The van der Waals surface area contributed by atoms with Gasteiger partial charge in [-0.05, 0) is 30.3 Å². The van der Waals surface area contributed by atoms with Crippen LogP contribution in [0.1, 0.15) is 15.9 Å².